The number of phenolic OH excluding ortho intramolecular Hbond substituents is 1. The molecule has 33 heavy (non-hydrogen) atoms. The van der Waals surface area contributed by atoms with E-state index in [1.807, 2.05) is 0 Å². The van der Waals surface area contributed by atoms with E-state index in [1.165, 1.54) is 33.5 Å². The van der Waals surface area contributed by atoms with Crippen molar-refractivity contribution in [1.82, 2.24) is 9.29 Å². The molecule has 1 aliphatic heterocycles. The molecule has 7 nitrogen and oxygen atoms in total. The number of hydrogen-bond donors (Lipinski definition) is 1. The number of hydrogen-bond acceptors (Lipinski definition) is 5. The Kier molecular flexibility index (Phi) is 6.97. The van der Waals surface area contributed by atoms with E-state index >= 15 is 0 Å². The van der Waals surface area contributed by atoms with Crippen LogP contribution in [0.15, 0.2) is 71.8 Å². The Balaban J connectivity index is 1.74. The first kappa shape index (κ1) is 23.2. The van der Waals surface area contributed by atoms with Crippen LogP contribution in [0.5, 0.6) is 5.75 Å². The van der Waals surface area contributed by atoms with Gasteiger partial charge in [0.15, 0.2) is 0 Å². The number of sulfonamides is 1. The summed E-state index contributed by atoms with van der Waals surface area (Å²) in [6, 6.07) is 15.9. The van der Waals surface area contributed by atoms with Gasteiger partial charge in [-0.3, -0.25) is 14.7 Å². The molecule has 0 saturated carbocycles. The van der Waals surface area contributed by atoms with E-state index in [1.54, 1.807) is 42.6 Å². The first-order chi connectivity index (χ1) is 15.9. The molecular weight excluding hydrogens is 462 g/mol. The fourth-order valence-electron chi connectivity index (χ4n) is 3.84. The summed E-state index contributed by atoms with van der Waals surface area (Å²) in [6.45, 7) is 0.979. The molecule has 1 N–H and O–H groups in total. The first-order valence-corrected chi connectivity index (χ1v) is 12.5. The lowest BCUT2D eigenvalue weighted by Gasteiger charge is -2.27. The summed E-state index contributed by atoms with van der Waals surface area (Å²) in [6.07, 6.45) is 4.23. The minimum atomic E-state index is -3.75. The maximum atomic E-state index is 13.7. The van der Waals surface area contributed by atoms with Crippen molar-refractivity contribution in [2.75, 3.05) is 18.0 Å². The summed E-state index contributed by atoms with van der Waals surface area (Å²) in [5, 5.41) is 10.6. The summed E-state index contributed by atoms with van der Waals surface area (Å²) in [7, 11) is -3.75. The van der Waals surface area contributed by atoms with Crippen LogP contribution < -0.4 is 4.90 Å². The van der Waals surface area contributed by atoms with Gasteiger partial charge in [-0.1, -0.05) is 36.2 Å². The number of aromatic nitrogens is 1. The van der Waals surface area contributed by atoms with Gasteiger partial charge in [-0.15, -0.1) is 0 Å². The zero-order valence-electron chi connectivity index (χ0n) is 17.9. The molecule has 1 aromatic heterocycles. The Morgan fingerprint density at radius 3 is 2.45 bits per heavy atom. The van der Waals surface area contributed by atoms with Gasteiger partial charge in [0.1, 0.15) is 5.75 Å². The molecule has 0 spiro atoms. The zero-order chi connectivity index (χ0) is 23.4. The maximum Gasteiger partial charge on any atom is 0.260 e. The molecule has 1 aliphatic rings. The van der Waals surface area contributed by atoms with Crippen molar-refractivity contribution in [2.45, 2.75) is 30.7 Å². The smallest absolute Gasteiger partial charge is 0.260 e. The summed E-state index contributed by atoms with van der Waals surface area (Å²) < 4.78 is 27.8. The second kappa shape index (κ2) is 9.91. The Morgan fingerprint density at radius 2 is 1.76 bits per heavy atom. The molecule has 0 aliphatic carbocycles. The monoisotopic (exact) mass is 485 g/mol. The lowest BCUT2D eigenvalue weighted by Crippen LogP contribution is -2.36. The number of anilines is 1. The molecule has 0 atom stereocenters. The Morgan fingerprint density at radius 1 is 1.03 bits per heavy atom. The molecule has 1 amide bonds. The lowest BCUT2D eigenvalue weighted by molar-refractivity contribution is 0.0984. The molecule has 0 bridgehead atoms. The standard InChI is InChI=1S/C24H24ClN3O4S/c25-21-12-11-19(33(31,32)27-14-6-1-7-15-27)16-20(21)24(30)28(17-18-8-4-5-13-26-18)22-9-2-3-10-23(22)29/h2-5,8-13,16,29H,1,6-7,14-15,17H2. The second-order valence-corrected chi connectivity index (χ2v) is 10.2. The van der Waals surface area contributed by atoms with Crippen LogP contribution in [0.3, 0.4) is 0 Å². The van der Waals surface area contributed by atoms with Crippen LogP contribution in [0.2, 0.25) is 5.02 Å². The minimum Gasteiger partial charge on any atom is -0.506 e. The van der Waals surface area contributed by atoms with E-state index in [4.69, 9.17) is 11.6 Å². The molecule has 9 heteroatoms. The first-order valence-electron chi connectivity index (χ1n) is 10.7. The fourth-order valence-corrected chi connectivity index (χ4v) is 5.58. The molecule has 3 aromatic rings. The SMILES string of the molecule is O=C(c1cc(S(=O)(=O)N2CCCCC2)ccc1Cl)N(Cc1ccccn1)c1ccccc1O. The second-order valence-electron chi connectivity index (χ2n) is 7.81. The summed E-state index contributed by atoms with van der Waals surface area (Å²) in [5.74, 6) is -0.627. The summed E-state index contributed by atoms with van der Waals surface area (Å²) in [4.78, 5) is 19.3. The van der Waals surface area contributed by atoms with Gasteiger partial charge in [0.05, 0.1) is 33.4 Å². The van der Waals surface area contributed by atoms with Gasteiger partial charge in [0.25, 0.3) is 5.91 Å². The van der Waals surface area contributed by atoms with Gasteiger partial charge >= 0.3 is 0 Å². The van der Waals surface area contributed by atoms with Crippen molar-refractivity contribution in [3.63, 3.8) is 0 Å². The number of piperidine rings is 1. The number of nitrogens with zero attached hydrogens (tertiary/aromatic N) is 3. The fraction of sp³-hybridized carbons (Fsp3) is 0.250. The van der Waals surface area contributed by atoms with Gasteiger partial charge in [-0.05, 0) is 55.3 Å². The summed E-state index contributed by atoms with van der Waals surface area (Å²) >= 11 is 6.37. The van der Waals surface area contributed by atoms with Gasteiger partial charge in [0.2, 0.25) is 10.0 Å². The molecule has 2 heterocycles. The van der Waals surface area contributed by atoms with Crippen molar-refractivity contribution < 1.29 is 18.3 Å². The van der Waals surface area contributed by atoms with Gasteiger partial charge in [0, 0.05) is 19.3 Å². The highest BCUT2D eigenvalue weighted by Gasteiger charge is 2.29. The number of carbonyl (C=O) groups is 1. The molecule has 1 saturated heterocycles. The highest BCUT2D eigenvalue weighted by Crippen LogP contribution is 2.32. The highest BCUT2D eigenvalue weighted by atomic mass is 35.5. The van der Waals surface area contributed by atoms with Crippen LogP contribution in [0.25, 0.3) is 0 Å². The van der Waals surface area contributed by atoms with Crippen molar-refractivity contribution in [3.8, 4) is 5.75 Å². The van der Waals surface area contributed by atoms with E-state index in [2.05, 4.69) is 4.98 Å². The molecule has 172 valence electrons. The third kappa shape index (κ3) is 5.03. The third-order valence-corrected chi connectivity index (χ3v) is 7.81. The number of amides is 1. The van der Waals surface area contributed by atoms with Crippen molar-refractivity contribution in [1.29, 1.82) is 0 Å². The summed E-state index contributed by atoms with van der Waals surface area (Å²) in [5.41, 5.74) is 0.907. The van der Waals surface area contributed by atoms with Crippen molar-refractivity contribution in [3.05, 3.63) is 83.1 Å². The van der Waals surface area contributed by atoms with Crippen molar-refractivity contribution in [2.24, 2.45) is 0 Å². The predicted molar refractivity (Wildman–Crippen MR) is 127 cm³/mol. The average molecular weight is 486 g/mol. The quantitative estimate of drug-likeness (QED) is 0.556. The number of aromatic hydroxyl groups is 1. The molecular formula is C24H24ClN3O4S. The lowest BCUT2D eigenvalue weighted by atomic mass is 10.1. The highest BCUT2D eigenvalue weighted by molar-refractivity contribution is 7.89. The van der Waals surface area contributed by atoms with E-state index in [0.717, 1.165) is 19.3 Å². The topological polar surface area (TPSA) is 90.8 Å². The number of pyridine rings is 1. The van der Waals surface area contributed by atoms with E-state index in [-0.39, 0.29) is 33.5 Å². The van der Waals surface area contributed by atoms with Gasteiger partial charge < -0.3 is 5.11 Å². The number of para-hydroxylation sites is 2. The van der Waals surface area contributed by atoms with Crippen LogP contribution in [-0.2, 0) is 16.6 Å². The van der Waals surface area contributed by atoms with E-state index in [0.29, 0.717) is 18.8 Å². The largest absolute Gasteiger partial charge is 0.506 e. The predicted octanol–water partition coefficient (Wildman–Crippen LogP) is 4.46. The Hall–Kier alpha value is -2.94. The molecule has 1 fully saturated rings. The molecule has 0 unspecified atom stereocenters. The van der Waals surface area contributed by atoms with E-state index < -0.39 is 15.9 Å². The normalized spacial score (nSPS) is 14.7. The average Bonchev–Trinajstić information content (AvgIpc) is 2.84. The van der Waals surface area contributed by atoms with Crippen LogP contribution in [0.4, 0.5) is 5.69 Å². The van der Waals surface area contributed by atoms with Gasteiger partial charge in [-0.25, -0.2) is 8.42 Å². The van der Waals surface area contributed by atoms with Gasteiger partial charge in [-0.2, -0.15) is 4.31 Å². The Labute approximate surface area is 198 Å². The molecule has 4 rings (SSSR count). The van der Waals surface area contributed by atoms with Crippen LogP contribution >= 0.6 is 11.6 Å². The van der Waals surface area contributed by atoms with Crippen LogP contribution in [-0.4, -0.2) is 41.8 Å². The molecule has 0 radical (unpaired) electrons. The number of rotatable bonds is 6. The third-order valence-electron chi connectivity index (χ3n) is 5.58. The number of carbonyl (C=O) groups excluding carboxylic acids is 1. The zero-order valence-corrected chi connectivity index (χ0v) is 19.5. The molecule has 2 aromatic carbocycles. The van der Waals surface area contributed by atoms with Crippen LogP contribution in [0.1, 0.15) is 35.3 Å². The number of benzene rings is 2. The maximum absolute atomic E-state index is 13.7. The number of phenols is 1. The number of halogens is 1. The van der Waals surface area contributed by atoms with Crippen molar-refractivity contribution >= 4 is 33.2 Å². The Bertz CT molecular complexity index is 1250. The van der Waals surface area contributed by atoms with Crippen LogP contribution in [0, 0.1) is 0 Å². The minimum absolute atomic E-state index is 0.0206. The van der Waals surface area contributed by atoms with E-state index in [9.17, 15) is 18.3 Å².